The fourth-order valence-corrected chi connectivity index (χ4v) is 3.85. The van der Waals surface area contributed by atoms with Gasteiger partial charge in [0.1, 0.15) is 5.82 Å². The van der Waals surface area contributed by atoms with Gasteiger partial charge in [-0.05, 0) is 65.1 Å². The van der Waals surface area contributed by atoms with Crippen molar-refractivity contribution in [1.82, 2.24) is 5.32 Å². The number of rotatable bonds is 5. The van der Waals surface area contributed by atoms with Crippen LogP contribution >= 0.6 is 38.9 Å². The minimum absolute atomic E-state index is 0.0445. The fraction of sp³-hybridized carbons (Fsp3) is 0.333. The molecule has 1 heterocycles. The molecule has 0 spiro atoms. The Morgan fingerprint density at radius 1 is 1.40 bits per heavy atom. The molecule has 0 saturated carbocycles. The Bertz CT molecular complexity index is 580. The molecular weight excluding hydrogens is 361 g/mol. The quantitative estimate of drug-likeness (QED) is 0.705. The Kier molecular flexibility index (Phi) is 5.61. The second kappa shape index (κ2) is 7.03. The third-order valence-corrected chi connectivity index (χ3v) is 5.53. The third kappa shape index (κ3) is 3.61. The molecule has 0 amide bonds. The number of benzene rings is 1. The Balaban J connectivity index is 2.38. The molecule has 0 aliphatic heterocycles. The van der Waals surface area contributed by atoms with Crippen LogP contribution in [0.15, 0.2) is 28.1 Å². The highest BCUT2D eigenvalue weighted by atomic mass is 79.9. The first-order valence-corrected chi connectivity index (χ1v) is 8.45. The summed E-state index contributed by atoms with van der Waals surface area (Å²) in [5, 5.41) is 3.66. The molecule has 0 radical (unpaired) electrons. The summed E-state index contributed by atoms with van der Waals surface area (Å²) in [5.41, 5.74) is 2.19. The lowest BCUT2D eigenvalue weighted by Gasteiger charge is -2.18. The van der Waals surface area contributed by atoms with Crippen molar-refractivity contribution in [2.24, 2.45) is 0 Å². The molecule has 20 heavy (non-hydrogen) atoms. The topological polar surface area (TPSA) is 12.0 Å². The normalized spacial score (nSPS) is 12.7. The van der Waals surface area contributed by atoms with Crippen LogP contribution in [-0.4, -0.2) is 6.54 Å². The molecule has 2 aromatic rings. The molecule has 1 aromatic carbocycles. The van der Waals surface area contributed by atoms with E-state index in [4.69, 9.17) is 11.6 Å². The summed E-state index contributed by atoms with van der Waals surface area (Å²) in [6.07, 6.45) is 1.04. The predicted octanol–water partition coefficient (Wildman–Crippen LogP) is 5.70. The molecule has 0 bridgehead atoms. The van der Waals surface area contributed by atoms with E-state index < -0.39 is 0 Å². The van der Waals surface area contributed by atoms with E-state index >= 15 is 0 Å². The summed E-state index contributed by atoms with van der Waals surface area (Å²) in [4.78, 5) is 1.20. The molecule has 108 valence electrons. The first-order valence-electron chi connectivity index (χ1n) is 6.47. The zero-order valence-electron chi connectivity index (χ0n) is 11.3. The van der Waals surface area contributed by atoms with Gasteiger partial charge in [-0.2, -0.15) is 0 Å². The summed E-state index contributed by atoms with van der Waals surface area (Å²) in [7, 11) is 0. The van der Waals surface area contributed by atoms with Crippen LogP contribution < -0.4 is 5.32 Å². The average molecular weight is 377 g/mol. The average Bonchev–Trinajstić information content (AvgIpc) is 2.74. The van der Waals surface area contributed by atoms with Crippen molar-refractivity contribution >= 4 is 38.9 Å². The molecule has 1 nitrogen and oxygen atoms in total. The SMILES string of the molecule is CCCNC(c1ccc(F)c(Cl)c1)c1cc(C)c(Br)s1. The van der Waals surface area contributed by atoms with Gasteiger partial charge in [0.25, 0.3) is 0 Å². The van der Waals surface area contributed by atoms with Crippen molar-refractivity contribution in [2.75, 3.05) is 6.54 Å². The highest BCUT2D eigenvalue weighted by molar-refractivity contribution is 9.11. The highest BCUT2D eigenvalue weighted by Crippen LogP contribution is 2.35. The summed E-state index contributed by atoms with van der Waals surface area (Å²) in [6, 6.07) is 7.11. The van der Waals surface area contributed by atoms with E-state index in [0.29, 0.717) is 0 Å². The maximum atomic E-state index is 13.3. The van der Waals surface area contributed by atoms with Gasteiger partial charge in [-0.15, -0.1) is 11.3 Å². The van der Waals surface area contributed by atoms with E-state index in [1.165, 1.54) is 16.5 Å². The summed E-state index contributed by atoms with van der Waals surface area (Å²) in [5.74, 6) is -0.381. The predicted molar refractivity (Wildman–Crippen MR) is 88.3 cm³/mol. The van der Waals surface area contributed by atoms with Crippen LogP contribution in [0.25, 0.3) is 0 Å². The Labute approximate surface area is 136 Å². The van der Waals surface area contributed by atoms with Gasteiger partial charge in [0.2, 0.25) is 0 Å². The molecule has 0 aliphatic rings. The number of nitrogens with one attached hydrogen (secondary N) is 1. The van der Waals surface area contributed by atoms with Crippen LogP contribution in [0.4, 0.5) is 4.39 Å². The van der Waals surface area contributed by atoms with Crippen LogP contribution in [0.3, 0.4) is 0 Å². The van der Waals surface area contributed by atoms with E-state index in [0.717, 1.165) is 22.3 Å². The maximum absolute atomic E-state index is 13.3. The van der Waals surface area contributed by atoms with E-state index in [9.17, 15) is 4.39 Å². The van der Waals surface area contributed by atoms with E-state index in [1.54, 1.807) is 23.5 Å². The van der Waals surface area contributed by atoms with Crippen molar-refractivity contribution in [3.63, 3.8) is 0 Å². The third-order valence-electron chi connectivity index (χ3n) is 3.04. The molecule has 1 N–H and O–H groups in total. The second-order valence-electron chi connectivity index (χ2n) is 4.67. The van der Waals surface area contributed by atoms with Crippen LogP contribution in [0, 0.1) is 12.7 Å². The molecule has 1 unspecified atom stereocenters. The second-order valence-corrected chi connectivity index (χ2v) is 7.48. The fourth-order valence-electron chi connectivity index (χ4n) is 1.99. The first kappa shape index (κ1) is 16.0. The Hall–Kier alpha value is -0.420. The van der Waals surface area contributed by atoms with E-state index in [1.807, 2.05) is 0 Å². The number of hydrogen-bond donors (Lipinski definition) is 1. The van der Waals surface area contributed by atoms with E-state index in [2.05, 4.69) is 41.2 Å². The minimum Gasteiger partial charge on any atom is -0.306 e. The standard InChI is InChI=1S/C15H16BrClFNS/c1-3-6-19-14(13-7-9(2)15(16)20-13)10-4-5-12(18)11(17)8-10/h4-5,7-8,14,19H,3,6H2,1-2H3. The lowest BCUT2D eigenvalue weighted by Crippen LogP contribution is -2.22. The van der Waals surface area contributed by atoms with Gasteiger partial charge < -0.3 is 5.32 Å². The number of aryl methyl sites for hydroxylation is 1. The summed E-state index contributed by atoms with van der Waals surface area (Å²) < 4.78 is 14.5. The van der Waals surface area contributed by atoms with Gasteiger partial charge in [0.15, 0.2) is 0 Å². The Morgan fingerprint density at radius 2 is 2.15 bits per heavy atom. The van der Waals surface area contributed by atoms with Crippen molar-refractivity contribution < 1.29 is 4.39 Å². The van der Waals surface area contributed by atoms with Crippen molar-refractivity contribution in [2.45, 2.75) is 26.3 Å². The number of halogens is 3. The smallest absolute Gasteiger partial charge is 0.141 e. The molecule has 0 aliphatic carbocycles. The van der Waals surface area contributed by atoms with Crippen molar-refractivity contribution in [3.05, 3.63) is 54.9 Å². The minimum atomic E-state index is -0.381. The number of thiophene rings is 1. The van der Waals surface area contributed by atoms with Crippen LogP contribution in [0.5, 0.6) is 0 Å². The lowest BCUT2D eigenvalue weighted by atomic mass is 10.0. The lowest BCUT2D eigenvalue weighted by molar-refractivity contribution is 0.599. The van der Waals surface area contributed by atoms with Gasteiger partial charge in [0, 0.05) is 4.88 Å². The van der Waals surface area contributed by atoms with E-state index in [-0.39, 0.29) is 16.9 Å². The largest absolute Gasteiger partial charge is 0.306 e. The van der Waals surface area contributed by atoms with Gasteiger partial charge in [-0.3, -0.25) is 0 Å². The summed E-state index contributed by atoms with van der Waals surface area (Å²) >= 11 is 11.2. The number of hydrogen-bond acceptors (Lipinski definition) is 2. The Morgan fingerprint density at radius 3 is 2.70 bits per heavy atom. The first-order chi connectivity index (χ1) is 9.52. The van der Waals surface area contributed by atoms with Crippen LogP contribution in [-0.2, 0) is 0 Å². The molecule has 1 atom stereocenters. The van der Waals surface area contributed by atoms with Gasteiger partial charge in [-0.25, -0.2) is 4.39 Å². The zero-order valence-corrected chi connectivity index (χ0v) is 14.5. The molecule has 0 fully saturated rings. The molecule has 0 saturated heterocycles. The highest BCUT2D eigenvalue weighted by Gasteiger charge is 2.18. The molecule has 2 rings (SSSR count). The van der Waals surface area contributed by atoms with Crippen LogP contribution in [0.2, 0.25) is 5.02 Å². The molecular formula is C15H16BrClFNS. The summed E-state index contributed by atoms with van der Waals surface area (Å²) in [6.45, 7) is 5.09. The van der Waals surface area contributed by atoms with Gasteiger partial charge >= 0.3 is 0 Å². The van der Waals surface area contributed by atoms with Crippen LogP contribution in [0.1, 0.15) is 35.4 Å². The molecule has 1 aromatic heterocycles. The maximum Gasteiger partial charge on any atom is 0.141 e. The van der Waals surface area contributed by atoms with Gasteiger partial charge in [0.05, 0.1) is 14.9 Å². The molecule has 5 heteroatoms. The zero-order chi connectivity index (χ0) is 14.7. The van der Waals surface area contributed by atoms with Crippen molar-refractivity contribution in [1.29, 1.82) is 0 Å². The van der Waals surface area contributed by atoms with Gasteiger partial charge in [-0.1, -0.05) is 24.6 Å². The monoisotopic (exact) mass is 375 g/mol. The van der Waals surface area contributed by atoms with Crippen molar-refractivity contribution in [3.8, 4) is 0 Å².